The Bertz CT molecular complexity index is 823. The first-order valence-corrected chi connectivity index (χ1v) is 7.63. The topological polar surface area (TPSA) is 68.5 Å². The highest BCUT2D eigenvalue weighted by Crippen LogP contribution is 2.33. The Hall–Kier alpha value is -2.23. The van der Waals surface area contributed by atoms with Crippen LogP contribution < -0.4 is 5.32 Å². The van der Waals surface area contributed by atoms with Gasteiger partial charge in [-0.25, -0.2) is 9.67 Å². The maximum atomic E-state index is 12.5. The lowest BCUT2D eigenvalue weighted by Gasteiger charge is -2.06. The molecule has 0 aliphatic heterocycles. The van der Waals surface area contributed by atoms with Crippen molar-refractivity contribution in [2.45, 2.75) is 32.6 Å². The van der Waals surface area contributed by atoms with E-state index in [1.54, 1.807) is 12.4 Å². The fourth-order valence-corrected chi connectivity index (χ4v) is 2.65. The number of rotatable bonds is 4. The van der Waals surface area contributed by atoms with Crippen molar-refractivity contribution >= 4 is 27.5 Å². The van der Waals surface area contributed by atoms with Gasteiger partial charge in [0.1, 0.15) is 0 Å². The normalized spacial score (nSPS) is 12.3. The van der Waals surface area contributed by atoms with Crippen LogP contribution in [-0.2, 0) is 12.7 Å². The number of halogens is 3. The number of nitrogens with zero attached hydrogens (tertiary/aromatic N) is 5. The number of pyridine rings is 1. The van der Waals surface area contributed by atoms with Gasteiger partial charge in [0.05, 0.1) is 6.20 Å². The van der Waals surface area contributed by atoms with E-state index in [4.69, 9.17) is 0 Å². The van der Waals surface area contributed by atoms with Gasteiger partial charge in [-0.15, -0.1) is 10.2 Å². The van der Waals surface area contributed by atoms with Crippen molar-refractivity contribution in [1.82, 2.24) is 25.0 Å². The monoisotopic (exact) mass is 342 g/mol. The zero-order valence-corrected chi connectivity index (χ0v) is 13.1. The van der Waals surface area contributed by atoms with Crippen LogP contribution in [0.25, 0.3) is 11.0 Å². The number of fused-ring (bicyclic) bond motifs is 1. The minimum Gasteiger partial charge on any atom is -0.356 e. The standard InChI is InChI=1S/C13H13F3N6S/c1-7(2)22-10-9(6-19-22)3-8(4-17-10)5-18-12-21-20-11(23-12)13(14,15)16/h3-4,6-7H,5H2,1-2H3,(H,18,21). The summed E-state index contributed by atoms with van der Waals surface area (Å²) < 4.78 is 39.2. The average molecular weight is 342 g/mol. The number of hydrogen-bond donors (Lipinski definition) is 1. The van der Waals surface area contributed by atoms with E-state index in [0.29, 0.717) is 17.9 Å². The lowest BCUT2D eigenvalue weighted by Crippen LogP contribution is -2.04. The van der Waals surface area contributed by atoms with Gasteiger partial charge in [0.15, 0.2) is 5.65 Å². The van der Waals surface area contributed by atoms with Gasteiger partial charge in [-0.3, -0.25) is 0 Å². The zero-order chi connectivity index (χ0) is 16.6. The van der Waals surface area contributed by atoms with Crippen LogP contribution in [-0.4, -0.2) is 25.0 Å². The summed E-state index contributed by atoms with van der Waals surface area (Å²) in [5.74, 6) is 0. The van der Waals surface area contributed by atoms with Crippen LogP contribution in [0.4, 0.5) is 18.3 Å². The van der Waals surface area contributed by atoms with Crippen molar-refractivity contribution in [3.8, 4) is 0 Å². The molecule has 0 atom stereocenters. The molecule has 0 aliphatic carbocycles. The summed E-state index contributed by atoms with van der Waals surface area (Å²) in [5, 5.41) is 13.7. The lowest BCUT2D eigenvalue weighted by molar-refractivity contribution is -0.138. The molecule has 0 unspecified atom stereocenters. The smallest absolute Gasteiger partial charge is 0.356 e. The summed E-state index contributed by atoms with van der Waals surface area (Å²) in [6.07, 6.45) is -1.08. The second-order valence-electron chi connectivity index (χ2n) is 5.20. The van der Waals surface area contributed by atoms with Crippen molar-refractivity contribution in [1.29, 1.82) is 0 Å². The third kappa shape index (κ3) is 3.26. The Balaban J connectivity index is 1.73. The molecule has 0 saturated carbocycles. The minimum atomic E-state index is -4.47. The molecule has 0 spiro atoms. The molecular weight excluding hydrogens is 329 g/mol. The molecular formula is C13H13F3N6S. The van der Waals surface area contributed by atoms with Crippen molar-refractivity contribution < 1.29 is 13.2 Å². The van der Waals surface area contributed by atoms with Crippen LogP contribution in [0.2, 0.25) is 0 Å². The molecule has 6 nitrogen and oxygen atoms in total. The quantitative estimate of drug-likeness (QED) is 0.786. The summed E-state index contributed by atoms with van der Waals surface area (Å²) in [6.45, 7) is 4.33. The predicted octanol–water partition coefficient (Wildman–Crippen LogP) is 3.49. The van der Waals surface area contributed by atoms with Gasteiger partial charge in [-0.05, 0) is 25.5 Å². The summed E-state index contributed by atoms with van der Waals surface area (Å²) in [4.78, 5) is 4.37. The van der Waals surface area contributed by atoms with E-state index in [1.165, 1.54) is 0 Å². The van der Waals surface area contributed by atoms with Gasteiger partial charge >= 0.3 is 6.18 Å². The first-order valence-electron chi connectivity index (χ1n) is 6.81. The lowest BCUT2D eigenvalue weighted by atomic mass is 10.2. The second kappa shape index (κ2) is 5.76. The van der Waals surface area contributed by atoms with Crippen LogP contribution in [0.3, 0.4) is 0 Å². The fourth-order valence-electron chi connectivity index (χ4n) is 2.05. The van der Waals surface area contributed by atoms with Crippen LogP contribution >= 0.6 is 11.3 Å². The summed E-state index contributed by atoms with van der Waals surface area (Å²) >= 11 is 0.476. The van der Waals surface area contributed by atoms with Crippen LogP contribution in [0.15, 0.2) is 18.5 Å². The highest BCUT2D eigenvalue weighted by atomic mass is 32.1. The summed E-state index contributed by atoms with van der Waals surface area (Å²) in [6, 6.07) is 2.10. The molecule has 1 N–H and O–H groups in total. The van der Waals surface area contributed by atoms with Gasteiger partial charge in [-0.2, -0.15) is 18.3 Å². The molecule has 0 fully saturated rings. The van der Waals surface area contributed by atoms with Gasteiger partial charge in [-0.1, -0.05) is 11.3 Å². The minimum absolute atomic E-state index is 0.121. The van der Waals surface area contributed by atoms with Gasteiger partial charge < -0.3 is 5.32 Å². The van der Waals surface area contributed by atoms with Crippen LogP contribution in [0.1, 0.15) is 30.5 Å². The van der Waals surface area contributed by atoms with Crippen molar-refractivity contribution in [3.63, 3.8) is 0 Å². The van der Waals surface area contributed by atoms with E-state index in [2.05, 4.69) is 25.6 Å². The van der Waals surface area contributed by atoms with Gasteiger partial charge in [0.25, 0.3) is 0 Å². The molecule has 0 amide bonds. The Kier molecular flexibility index (Phi) is 3.92. The molecule has 10 heteroatoms. The third-order valence-electron chi connectivity index (χ3n) is 3.09. The van der Waals surface area contributed by atoms with E-state index >= 15 is 0 Å². The number of hydrogen-bond acceptors (Lipinski definition) is 6. The molecule has 3 aromatic heterocycles. The molecule has 0 saturated heterocycles. The molecule has 3 rings (SSSR count). The maximum absolute atomic E-state index is 12.5. The van der Waals surface area contributed by atoms with Crippen molar-refractivity contribution in [2.75, 3.05) is 5.32 Å². The summed E-state index contributed by atoms with van der Waals surface area (Å²) in [5.41, 5.74) is 1.60. The fraction of sp³-hybridized carbons (Fsp3) is 0.385. The number of aromatic nitrogens is 5. The average Bonchev–Trinajstić information content (AvgIpc) is 3.11. The SMILES string of the molecule is CC(C)n1ncc2cc(CNc3nnc(C(F)(F)F)s3)cnc21. The third-order valence-corrected chi connectivity index (χ3v) is 4.02. The zero-order valence-electron chi connectivity index (χ0n) is 12.3. The number of anilines is 1. The highest BCUT2D eigenvalue weighted by Gasteiger charge is 2.35. The molecule has 3 heterocycles. The van der Waals surface area contributed by atoms with Crippen molar-refractivity contribution in [3.05, 3.63) is 29.0 Å². The Morgan fingerprint density at radius 3 is 2.70 bits per heavy atom. The van der Waals surface area contributed by atoms with E-state index in [9.17, 15) is 13.2 Å². The maximum Gasteiger partial charge on any atom is 0.445 e. The molecule has 0 bridgehead atoms. The molecule has 122 valence electrons. The van der Waals surface area contributed by atoms with E-state index < -0.39 is 11.2 Å². The molecule has 0 aromatic carbocycles. The molecule has 0 aliphatic rings. The summed E-state index contributed by atoms with van der Waals surface area (Å²) in [7, 11) is 0. The Labute approximate surface area is 133 Å². The Morgan fingerprint density at radius 2 is 2.04 bits per heavy atom. The van der Waals surface area contributed by atoms with E-state index in [-0.39, 0.29) is 11.2 Å². The van der Waals surface area contributed by atoms with E-state index in [0.717, 1.165) is 16.6 Å². The Morgan fingerprint density at radius 1 is 1.26 bits per heavy atom. The second-order valence-corrected chi connectivity index (χ2v) is 6.18. The van der Waals surface area contributed by atoms with E-state index in [1.807, 2.05) is 24.6 Å². The van der Waals surface area contributed by atoms with Crippen molar-refractivity contribution in [2.24, 2.45) is 0 Å². The van der Waals surface area contributed by atoms with Gasteiger partial charge in [0.2, 0.25) is 10.1 Å². The molecule has 0 radical (unpaired) electrons. The van der Waals surface area contributed by atoms with Gasteiger partial charge in [0, 0.05) is 24.2 Å². The molecule has 23 heavy (non-hydrogen) atoms. The molecule has 3 aromatic rings. The first-order chi connectivity index (χ1) is 10.8. The number of alkyl halides is 3. The first kappa shape index (κ1) is 15.7. The largest absolute Gasteiger partial charge is 0.445 e. The predicted molar refractivity (Wildman–Crippen MR) is 80.2 cm³/mol. The van der Waals surface area contributed by atoms with Crippen LogP contribution in [0, 0.1) is 0 Å². The van der Waals surface area contributed by atoms with Crippen LogP contribution in [0.5, 0.6) is 0 Å². The number of nitrogens with one attached hydrogen (secondary N) is 1. The highest BCUT2D eigenvalue weighted by molar-refractivity contribution is 7.15.